The number of hydrogen-bond donors (Lipinski definition) is 2. The van der Waals surface area contributed by atoms with Crippen LogP contribution in [0.25, 0.3) is 0 Å². The van der Waals surface area contributed by atoms with E-state index in [1.54, 1.807) is 6.08 Å². The lowest BCUT2D eigenvalue weighted by molar-refractivity contribution is -0.126. The molecule has 4 heteroatoms. The zero-order chi connectivity index (χ0) is 15.0. The summed E-state index contributed by atoms with van der Waals surface area (Å²) in [5, 5.41) is 6.43. The van der Waals surface area contributed by atoms with E-state index in [0.717, 1.165) is 26.2 Å². The minimum atomic E-state index is -0.0390. The largest absolute Gasteiger partial charge is 0.351 e. The van der Waals surface area contributed by atoms with Crippen molar-refractivity contribution in [2.24, 2.45) is 11.8 Å². The molecular formula is C16H31N3O. The number of nitrogens with one attached hydrogen (secondary N) is 2. The molecule has 1 fully saturated rings. The predicted octanol–water partition coefficient (Wildman–Crippen LogP) is 1.63. The van der Waals surface area contributed by atoms with Gasteiger partial charge in [-0.25, -0.2) is 0 Å². The monoisotopic (exact) mass is 281 g/mol. The van der Waals surface area contributed by atoms with Crippen molar-refractivity contribution in [1.29, 1.82) is 0 Å². The Labute approximate surface area is 124 Å². The second-order valence-electron chi connectivity index (χ2n) is 6.27. The number of piperidine rings is 1. The molecule has 0 radical (unpaired) electrons. The van der Waals surface area contributed by atoms with Gasteiger partial charge in [-0.2, -0.15) is 0 Å². The van der Waals surface area contributed by atoms with Crippen LogP contribution < -0.4 is 10.6 Å². The van der Waals surface area contributed by atoms with Crippen LogP contribution in [-0.4, -0.2) is 49.6 Å². The van der Waals surface area contributed by atoms with Crippen molar-refractivity contribution < 1.29 is 4.79 Å². The SMILES string of the molecule is C=CCNC(=O)C(C)N1CCCC(CNCC(C)C)C1. The van der Waals surface area contributed by atoms with E-state index in [1.807, 2.05) is 6.92 Å². The lowest BCUT2D eigenvalue weighted by atomic mass is 9.96. The molecule has 2 atom stereocenters. The van der Waals surface area contributed by atoms with E-state index in [-0.39, 0.29) is 11.9 Å². The number of hydrogen-bond acceptors (Lipinski definition) is 3. The standard InChI is InChI=1S/C16H31N3O/c1-5-8-18-16(20)14(4)19-9-6-7-15(12-19)11-17-10-13(2)3/h5,13-15,17H,1,6-12H2,2-4H3,(H,18,20). The molecule has 2 unspecified atom stereocenters. The molecule has 1 aliphatic rings. The summed E-state index contributed by atoms with van der Waals surface area (Å²) in [6.07, 6.45) is 4.18. The van der Waals surface area contributed by atoms with Crippen molar-refractivity contribution in [2.75, 3.05) is 32.7 Å². The normalized spacial score (nSPS) is 21.7. The molecule has 2 N–H and O–H groups in total. The second kappa shape index (κ2) is 9.14. The van der Waals surface area contributed by atoms with Gasteiger partial charge in [0.15, 0.2) is 0 Å². The third-order valence-corrected chi connectivity index (χ3v) is 3.88. The van der Waals surface area contributed by atoms with Gasteiger partial charge < -0.3 is 10.6 Å². The summed E-state index contributed by atoms with van der Waals surface area (Å²) in [5.74, 6) is 1.47. The molecule has 1 aliphatic heterocycles. The van der Waals surface area contributed by atoms with Crippen LogP contribution in [0.3, 0.4) is 0 Å². The fourth-order valence-corrected chi connectivity index (χ4v) is 2.68. The lowest BCUT2D eigenvalue weighted by Crippen LogP contribution is -2.50. The maximum Gasteiger partial charge on any atom is 0.237 e. The van der Waals surface area contributed by atoms with Crippen molar-refractivity contribution in [2.45, 2.75) is 39.7 Å². The molecule has 1 amide bonds. The van der Waals surface area contributed by atoms with E-state index in [2.05, 4.69) is 36.0 Å². The van der Waals surface area contributed by atoms with E-state index in [9.17, 15) is 4.79 Å². The third kappa shape index (κ3) is 6.06. The predicted molar refractivity (Wildman–Crippen MR) is 84.7 cm³/mol. The maximum atomic E-state index is 12.0. The summed E-state index contributed by atoms with van der Waals surface area (Å²) in [6.45, 7) is 14.8. The molecule has 1 rings (SSSR count). The molecule has 1 heterocycles. The van der Waals surface area contributed by atoms with Crippen molar-refractivity contribution in [3.05, 3.63) is 12.7 Å². The van der Waals surface area contributed by atoms with Crippen LogP contribution in [0, 0.1) is 11.8 Å². The van der Waals surface area contributed by atoms with Crippen LogP contribution in [-0.2, 0) is 4.79 Å². The van der Waals surface area contributed by atoms with Crippen LogP contribution in [0.1, 0.15) is 33.6 Å². The molecule has 4 nitrogen and oxygen atoms in total. The van der Waals surface area contributed by atoms with Gasteiger partial charge in [0.1, 0.15) is 0 Å². The summed E-state index contributed by atoms with van der Waals surface area (Å²) >= 11 is 0. The van der Waals surface area contributed by atoms with Gasteiger partial charge in [-0.05, 0) is 51.2 Å². The molecule has 0 saturated carbocycles. The number of rotatable bonds is 8. The Morgan fingerprint density at radius 2 is 2.20 bits per heavy atom. The Morgan fingerprint density at radius 1 is 1.45 bits per heavy atom. The molecule has 0 bridgehead atoms. The summed E-state index contributed by atoms with van der Waals surface area (Å²) in [5.41, 5.74) is 0. The highest BCUT2D eigenvalue weighted by Gasteiger charge is 2.26. The number of carbonyl (C=O) groups is 1. The van der Waals surface area contributed by atoms with Gasteiger partial charge in [0.05, 0.1) is 6.04 Å². The summed E-state index contributed by atoms with van der Waals surface area (Å²) in [6, 6.07) is -0.0390. The molecule has 0 aromatic rings. The molecule has 0 spiro atoms. The maximum absolute atomic E-state index is 12.0. The van der Waals surface area contributed by atoms with E-state index in [4.69, 9.17) is 0 Å². The fourth-order valence-electron chi connectivity index (χ4n) is 2.68. The Hall–Kier alpha value is -0.870. The zero-order valence-corrected chi connectivity index (χ0v) is 13.3. The first-order chi connectivity index (χ1) is 9.54. The first-order valence-corrected chi connectivity index (χ1v) is 7.88. The van der Waals surface area contributed by atoms with E-state index >= 15 is 0 Å². The minimum Gasteiger partial charge on any atom is -0.351 e. The lowest BCUT2D eigenvalue weighted by Gasteiger charge is -2.36. The first kappa shape index (κ1) is 17.2. The van der Waals surface area contributed by atoms with Crippen molar-refractivity contribution in [3.8, 4) is 0 Å². The van der Waals surface area contributed by atoms with Crippen molar-refractivity contribution in [3.63, 3.8) is 0 Å². The summed E-state index contributed by atoms with van der Waals surface area (Å²) in [4.78, 5) is 14.3. The van der Waals surface area contributed by atoms with E-state index in [0.29, 0.717) is 18.4 Å². The zero-order valence-electron chi connectivity index (χ0n) is 13.3. The van der Waals surface area contributed by atoms with Gasteiger partial charge in [0, 0.05) is 13.1 Å². The Bertz CT molecular complexity index is 304. The van der Waals surface area contributed by atoms with Crippen LogP contribution in [0.15, 0.2) is 12.7 Å². The van der Waals surface area contributed by atoms with Gasteiger partial charge in [-0.15, -0.1) is 6.58 Å². The quantitative estimate of drug-likeness (QED) is 0.665. The number of likely N-dealkylation sites (tertiary alicyclic amines) is 1. The fraction of sp³-hybridized carbons (Fsp3) is 0.812. The number of nitrogens with zero attached hydrogens (tertiary/aromatic N) is 1. The third-order valence-electron chi connectivity index (χ3n) is 3.88. The first-order valence-electron chi connectivity index (χ1n) is 7.88. The summed E-state index contributed by atoms with van der Waals surface area (Å²) in [7, 11) is 0. The summed E-state index contributed by atoms with van der Waals surface area (Å²) < 4.78 is 0. The van der Waals surface area contributed by atoms with E-state index < -0.39 is 0 Å². The van der Waals surface area contributed by atoms with Crippen molar-refractivity contribution in [1.82, 2.24) is 15.5 Å². The highest BCUT2D eigenvalue weighted by atomic mass is 16.2. The molecule has 0 aromatic carbocycles. The molecule has 0 aromatic heterocycles. The topological polar surface area (TPSA) is 44.4 Å². The van der Waals surface area contributed by atoms with Crippen LogP contribution in [0.4, 0.5) is 0 Å². The number of amides is 1. The Balaban J connectivity index is 2.35. The van der Waals surface area contributed by atoms with Gasteiger partial charge in [-0.1, -0.05) is 19.9 Å². The molecule has 20 heavy (non-hydrogen) atoms. The Kier molecular flexibility index (Phi) is 7.85. The smallest absolute Gasteiger partial charge is 0.237 e. The van der Waals surface area contributed by atoms with Gasteiger partial charge >= 0.3 is 0 Å². The minimum absolute atomic E-state index is 0.0390. The van der Waals surface area contributed by atoms with Gasteiger partial charge in [0.2, 0.25) is 5.91 Å². The molecule has 0 aliphatic carbocycles. The van der Waals surface area contributed by atoms with E-state index in [1.165, 1.54) is 12.8 Å². The highest BCUT2D eigenvalue weighted by molar-refractivity contribution is 5.81. The average molecular weight is 281 g/mol. The molecule has 1 saturated heterocycles. The number of carbonyl (C=O) groups excluding carboxylic acids is 1. The van der Waals surface area contributed by atoms with Gasteiger partial charge in [0.25, 0.3) is 0 Å². The van der Waals surface area contributed by atoms with Crippen LogP contribution in [0.5, 0.6) is 0 Å². The van der Waals surface area contributed by atoms with Crippen LogP contribution in [0.2, 0.25) is 0 Å². The molecule has 116 valence electrons. The second-order valence-corrected chi connectivity index (χ2v) is 6.27. The van der Waals surface area contributed by atoms with Crippen molar-refractivity contribution >= 4 is 5.91 Å². The average Bonchev–Trinajstić information content (AvgIpc) is 2.44. The molecular weight excluding hydrogens is 250 g/mol. The van der Waals surface area contributed by atoms with Gasteiger partial charge in [-0.3, -0.25) is 9.69 Å². The highest BCUT2D eigenvalue weighted by Crippen LogP contribution is 2.18. The Morgan fingerprint density at radius 3 is 2.85 bits per heavy atom. The van der Waals surface area contributed by atoms with Crippen LogP contribution >= 0.6 is 0 Å².